The minimum absolute atomic E-state index is 0.812. The second kappa shape index (κ2) is 4.97. The van der Waals surface area contributed by atoms with Crippen molar-refractivity contribution in [3.63, 3.8) is 0 Å². The summed E-state index contributed by atoms with van der Waals surface area (Å²) < 4.78 is 0. The molecule has 1 aliphatic heterocycles. The van der Waals surface area contributed by atoms with Gasteiger partial charge in [-0.05, 0) is 33.0 Å². The molecule has 0 saturated carbocycles. The molecular formula is C11H24N2. The zero-order valence-electron chi connectivity index (χ0n) is 9.58. The quantitative estimate of drug-likeness (QED) is 0.643. The molecule has 1 rings (SSSR count). The summed E-state index contributed by atoms with van der Waals surface area (Å²) in [5.41, 5.74) is 0. The Hall–Kier alpha value is -0.0800. The van der Waals surface area contributed by atoms with Crippen LogP contribution in [0.25, 0.3) is 0 Å². The van der Waals surface area contributed by atoms with Crippen LogP contribution in [0, 0.1) is 0 Å². The summed E-state index contributed by atoms with van der Waals surface area (Å²) in [6.45, 7) is 10.6. The largest absolute Gasteiger partial charge is 0.300 e. The Bertz CT molecular complexity index is 147. The van der Waals surface area contributed by atoms with Crippen LogP contribution >= 0.6 is 0 Å². The van der Waals surface area contributed by atoms with Crippen LogP contribution in [0.1, 0.15) is 33.6 Å². The zero-order chi connectivity index (χ0) is 9.84. The molecule has 2 heteroatoms. The van der Waals surface area contributed by atoms with Crippen molar-refractivity contribution in [1.29, 1.82) is 0 Å². The SMILES string of the molecule is CCCN(CC)[C@@H]1CN(C)C1CC. The number of rotatable bonds is 5. The monoisotopic (exact) mass is 184 g/mol. The first-order valence-electron chi connectivity index (χ1n) is 5.68. The van der Waals surface area contributed by atoms with E-state index < -0.39 is 0 Å². The van der Waals surface area contributed by atoms with Crippen molar-refractivity contribution < 1.29 is 0 Å². The molecule has 0 aromatic heterocycles. The number of hydrogen-bond acceptors (Lipinski definition) is 2. The van der Waals surface area contributed by atoms with Crippen LogP contribution in [0.3, 0.4) is 0 Å². The van der Waals surface area contributed by atoms with Crippen molar-refractivity contribution >= 4 is 0 Å². The third-order valence-electron chi connectivity index (χ3n) is 3.29. The molecule has 0 aromatic rings. The molecule has 0 aromatic carbocycles. The second-order valence-electron chi connectivity index (χ2n) is 4.11. The third-order valence-corrected chi connectivity index (χ3v) is 3.29. The summed E-state index contributed by atoms with van der Waals surface area (Å²) in [5, 5.41) is 0. The molecule has 1 unspecified atom stereocenters. The fraction of sp³-hybridized carbons (Fsp3) is 1.00. The third kappa shape index (κ3) is 2.23. The molecule has 2 nitrogen and oxygen atoms in total. The minimum Gasteiger partial charge on any atom is -0.300 e. The van der Waals surface area contributed by atoms with Gasteiger partial charge >= 0.3 is 0 Å². The molecule has 0 aliphatic carbocycles. The molecule has 0 N–H and O–H groups in total. The summed E-state index contributed by atoms with van der Waals surface area (Å²) >= 11 is 0. The molecule has 2 atom stereocenters. The molecule has 0 bridgehead atoms. The Morgan fingerprint density at radius 3 is 2.38 bits per heavy atom. The van der Waals surface area contributed by atoms with E-state index in [1.807, 2.05) is 0 Å². The molecule has 0 amide bonds. The topological polar surface area (TPSA) is 6.48 Å². The van der Waals surface area contributed by atoms with Gasteiger partial charge in [-0.2, -0.15) is 0 Å². The van der Waals surface area contributed by atoms with Gasteiger partial charge in [0.25, 0.3) is 0 Å². The Morgan fingerprint density at radius 2 is 2.00 bits per heavy atom. The second-order valence-corrected chi connectivity index (χ2v) is 4.11. The van der Waals surface area contributed by atoms with Gasteiger partial charge in [0.2, 0.25) is 0 Å². The van der Waals surface area contributed by atoms with Gasteiger partial charge in [0.1, 0.15) is 0 Å². The van der Waals surface area contributed by atoms with E-state index >= 15 is 0 Å². The first kappa shape index (κ1) is 11.0. The highest BCUT2D eigenvalue weighted by atomic mass is 15.3. The first-order valence-corrected chi connectivity index (χ1v) is 5.68. The summed E-state index contributed by atoms with van der Waals surface area (Å²) in [7, 11) is 2.24. The Morgan fingerprint density at radius 1 is 1.31 bits per heavy atom. The van der Waals surface area contributed by atoms with Crippen molar-refractivity contribution in [2.24, 2.45) is 0 Å². The van der Waals surface area contributed by atoms with Crippen molar-refractivity contribution in [2.45, 2.75) is 45.7 Å². The average Bonchev–Trinajstić information content (AvgIpc) is 2.11. The highest BCUT2D eigenvalue weighted by Crippen LogP contribution is 2.23. The normalized spacial score (nSPS) is 29.3. The van der Waals surface area contributed by atoms with Gasteiger partial charge < -0.3 is 4.90 Å². The maximum absolute atomic E-state index is 2.63. The van der Waals surface area contributed by atoms with Crippen LogP contribution in [0.15, 0.2) is 0 Å². The van der Waals surface area contributed by atoms with E-state index in [0.29, 0.717) is 0 Å². The van der Waals surface area contributed by atoms with E-state index in [9.17, 15) is 0 Å². The minimum atomic E-state index is 0.812. The van der Waals surface area contributed by atoms with Crippen LogP contribution in [-0.4, -0.2) is 48.6 Å². The lowest BCUT2D eigenvalue weighted by molar-refractivity contribution is -0.0111. The van der Waals surface area contributed by atoms with Crippen molar-refractivity contribution in [3.05, 3.63) is 0 Å². The summed E-state index contributed by atoms with van der Waals surface area (Å²) in [5.74, 6) is 0. The van der Waals surface area contributed by atoms with E-state index in [4.69, 9.17) is 0 Å². The lowest BCUT2D eigenvalue weighted by atomic mass is 9.93. The van der Waals surface area contributed by atoms with Crippen LogP contribution in [0.5, 0.6) is 0 Å². The summed E-state index contributed by atoms with van der Waals surface area (Å²) in [6.07, 6.45) is 2.58. The Kier molecular flexibility index (Phi) is 4.20. The lowest BCUT2D eigenvalue weighted by Gasteiger charge is -2.51. The van der Waals surface area contributed by atoms with Gasteiger partial charge in [0, 0.05) is 18.6 Å². The number of likely N-dealkylation sites (N-methyl/N-ethyl adjacent to an activating group) is 2. The van der Waals surface area contributed by atoms with E-state index in [-0.39, 0.29) is 0 Å². The van der Waals surface area contributed by atoms with Gasteiger partial charge in [-0.3, -0.25) is 4.90 Å². The lowest BCUT2D eigenvalue weighted by Crippen LogP contribution is -2.64. The zero-order valence-corrected chi connectivity index (χ0v) is 9.58. The molecule has 1 heterocycles. The maximum Gasteiger partial charge on any atom is 0.0378 e. The van der Waals surface area contributed by atoms with Crippen LogP contribution in [-0.2, 0) is 0 Å². The van der Waals surface area contributed by atoms with Crippen molar-refractivity contribution in [2.75, 3.05) is 26.7 Å². The molecular weight excluding hydrogens is 160 g/mol. The van der Waals surface area contributed by atoms with E-state index in [1.165, 1.54) is 32.5 Å². The van der Waals surface area contributed by atoms with E-state index in [1.54, 1.807) is 0 Å². The predicted octanol–water partition coefficient (Wildman–Crippen LogP) is 1.81. The highest BCUT2D eigenvalue weighted by Gasteiger charge is 2.37. The number of hydrogen-bond donors (Lipinski definition) is 0. The van der Waals surface area contributed by atoms with Gasteiger partial charge in [-0.25, -0.2) is 0 Å². The maximum atomic E-state index is 2.63. The summed E-state index contributed by atoms with van der Waals surface area (Å²) in [4.78, 5) is 5.11. The van der Waals surface area contributed by atoms with Crippen molar-refractivity contribution in [3.8, 4) is 0 Å². The highest BCUT2D eigenvalue weighted by molar-refractivity contribution is 4.95. The predicted molar refractivity (Wildman–Crippen MR) is 58.0 cm³/mol. The average molecular weight is 184 g/mol. The van der Waals surface area contributed by atoms with Crippen LogP contribution in [0.2, 0.25) is 0 Å². The molecule has 1 saturated heterocycles. The van der Waals surface area contributed by atoms with Gasteiger partial charge in [0.15, 0.2) is 0 Å². The standard InChI is InChI=1S/C11H24N2/c1-5-8-13(7-3)11-9-12(4)10(11)6-2/h10-11H,5-9H2,1-4H3/t10?,11-/m1/s1. The van der Waals surface area contributed by atoms with Gasteiger partial charge in [-0.1, -0.05) is 20.8 Å². The molecule has 0 spiro atoms. The molecule has 1 aliphatic rings. The first-order chi connectivity index (χ1) is 6.24. The smallest absolute Gasteiger partial charge is 0.0378 e. The Balaban J connectivity index is 2.41. The molecule has 0 radical (unpaired) electrons. The summed E-state index contributed by atoms with van der Waals surface area (Å²) in [6, 6.07) is 1.64. The van der Waals surface area contributed by atoms with Crippen molar-refractivity contribution in [1.82, 2.24) is 9.80 Å². The van der Waals surface area contributed by atoms with E-state index in [2.05, 4.69) is 37.6 Å². The number of nitrogens with zero attached hydrogens (tertiary/aromatic N) is 2. The fourth-order valence-corrected chi connectivity index (χ4v) is 2.50. The van der Waals surface area contributed by atoms with E-state index in [0.717, 1.165) is 12.1 Å². The van der Waals surface area contributed by atoms with Gasteiger partial charge in [-0.15, -0.1) is 0 Å². The van der Waals surface area contributed by atoms with Gasteiger partial charge in [0.05, 0.1) is 0 Å². The van der Waals surface area contributed by atoms with Crippen LogP contribution < -0.4 is 0 Å². The molecule has 78 valence electrons. The molecule has 1 fully saturated rings. The van der Waals surface area contributed by atoms with Crippen LogP contribution in [0.4, 0.5) is 0 Å². The fourth-order valence-electron chi connectivity index (χ4n) is 2.50. The number of likely N-dealkylation sites (tertiary alicyclic amines) is 1. The Labute approximate surface area is 82.9 Å². The molecule has 13 heavy (non-hydrogen) atoms.